The second-order valence-corrected chi connectivity index (χ2v) is 6.35. The molecule has 1 unspecified atom stereocenters. The molecule has 0 bridgehead atoms. The molecule has 0 radical (unpaired) electrons. The lowest BCUT2D eigenvalue weighted by atomic mass is 9.99. The van der Waals surface area contributed by atoms with E-state index < -0.39 is 0 Å². The van der Waals surface area contributed by atoms with Gasteiger partial charge in [0, 0.05) is 18.2 Å². The zero-order valence-corrected chi connectivity index (χ0v) is 12.7. The van der Waals surface area contributed by atoms with Crippen LogP contribution in [0.3, 0.4) is 0 Å². The van der Waals surface area contributed by atoms with Crippen LogP contribution in [0.15, 0.2) is 18.2 Å². The minimum atomic E-state index is 0.288. The Morgan fingerprint density at radius 1 is 1.25 bits per heavy atom. The molecule has 20 heavy (non-hydrogen) atoms. The maximum Gasteiger partial charge on any atom is 0.123 e. The van der Waals surface area contributed by atoms with Gasteiger partial charge in [0.15, 0.2) is 0 Å². The first-order valence-electron chi connectivity index (χ1n) is 7.64. The van der Waals surface area contributed by atoms with E-state index in [1.807, 2.05) is 12.1 Å². The summed E-state index contributed by atoms with van der Waals surface area (Å²) in [5, 5.41) is 3.71. The molecule has 110 valence electrons. The third-order valence-electron chi connectivity index (χ3n) is 5.00. The van der Waals surface area contributed by atoms with Gasteiger partial charge in [-0.2, -0.15) is 0 Å². The van der Waals surface area contributed by atoms with Crippen LogP contribution < -0.4 is 14.8 Å². The Hall–Kier alpha value is -1.22. The SMILES string of the molecule is COc1ccc(OC)c(C(C)NCC2(C3CC3)CC2)c1. The van der Waals surface area contributed by atoms with E-state index >= 15 is 0 Å². The van der Waals surface area contributed by atoms with Gasteiger partial charge in [-0.25, -0.2) is 0 Å². The third-order valence-corrected chi connectivity index (χ3v) is 5.00. The van der Waals surface area contributed by atoms with Gasteiger partial charge in [0.05, 0.1) is 14.2 Å². The monoisotopic (exact) mass is 275 g/mol. The summed E-state index contributed by atoms with van der Waals surface area (Å²) in [6.07, 6.45) is 5.70. The fourth-order valence-electron chi connectivity index (χ4n) is 3.23. The van der Waals surface area contributed by atoms with Gasteiger partial charge < -0.3 is 14.8 Å². The zero-order valence-electron chi connectivity index (χ0n) is 12.7. The molecule has 1 N–H and O–H groups in total. The van der Waals surface area contributed by atoms with Crippen LogP contribution in [0.1, 0.15) is 44.2 Å². The number of hydrogen-bond acceptors (Lipinski definition) is 3. The van der Waals surface area contributed by atoms with Crippen molar-refractivity contribution in [2.24, 2.45) is 11.3 Å². The summed E-state index contributed by atoms with van der Waals surface area (Å²) in [6.45, 7) is 3.35. The average Bonchev–Trinajstić information content (AvgIpc) is 3.36. The molecule has 0 aromatic heterocycles. The summed E-state index contributed by atoms with van der Waals surface area (Å²) in [7, 11) is 3.43. The van der Waals surface area contributed by atoms with E-state index in [9.17, 15) is 0 Å². The molecular weight excluding hydrogens is 250 g/mol. The highest BCUT2D eigenvalue weighted by atomic mass is 16.5. The van der Waals surface area contributed by atoms with E-state index in [-0.39, 0.29) is 6.04 Å². The fraction of sp³-hybridized carbons (Fsp3) is 0.647. The van der Waals surface area contributed by atoms with Gasteiger partial charge >= 0.3 is 0 Å². The van der Waals surface area contributed by atoms with Gasteiger partial charge in [0.2, 0.25) is 0 Å². The Kier molecular flexibility index (Phi) is 3.63. The maximum absolute atomic E-state index is 5.48. The largest absolute Gasteiger partial charge is 0.497 e. The van der Waals surface area contributed by atoms with Crippen LogP contribution in [-0.2, 0) is 0 Å². The molecule has 1 aromatic carbocycles. The minimum absolute atomic E-state index is 0.288. The first kappa shape index (κ1) is 13.7. The molecule has 0 amide bonds. The molecule has 0 spiro atoms. The van der Waals surface area contributed by atoms with E-state index in [0.29, 0.717) is 5.41 Å². The van der Waals surface area contributed by atoms with Gasteiger partial charge in [-0.05, 0) is 62.1 Å². The highest BCUT2D eigenvalue weighted by molar-refractivity contribution is 5.42. The molecule has 2 aliphatic rings. The van der Waals surface area contributed by atoms with Crippen LogP contribution in [0.2, 0.25) is 0 Å². The summed E-state index contributed by atoms with van der Waals surface area (Å²) in [5.41, 5.74) is 1.80. The molecule has 3 heteroatoms. The molecular formula is C17H25NO2. The number of methoxy groups -OCH3 is 2. The van der Waals surface area contributed by atoms with Crippen molar-refractivity contribution in [2.75, 3.05) is 20.8 Å². The molecule has 1 aromatic rings. The molecule has 3 nitrogen and oxygen atoms in total. The van der Waals surface area contributed by atoms with E-state index in [4.69, 9.17) is 9.47 Å². The lowest BCUT2D eigenvalue weighted by molar-refractivity contribution is 0.366. The van der Waals surface area contributed by atoms with Crippen molar-refractivity contribution in [3.05, 3.63) is 23.8 Å². The Balaban J connectivity index is 1.67. The smallest absolute Gasteiger partial charge is 0.123 e. The lowest BCUT2D eigenvalue weighted by Crippen LogP contribution is -2.28. The second-order valence-electron chi connectivity index (χ2n) is 6.35. The molecule has 0 heterocycles. The van der Waals surface area contributed by atoms with E-state index in [0.717, 1.165) is 24.0 Å². The number of benzene rings is 1. The van der Waals surface area contributed by atoms with Crippen LogP contribution in [0.4, 0.5) is 0 Å². The Labute approximate surface area is 121 Å². The normalized spacial score (nSPS) is 21.4. The fourth-order valence-corrected chi connectivity index (χ4v) is 3.23. The van der Waals surface area contributed by atoms with Crippen LogP contribution >= 0.6 is 0 Å². The summed E-state index contributed by atoms with van der Waals surface area (Å²) in [6, 6.07) is 6.30. The number of rotatable bonds is 7. The molecule has 2 fully saturated rings. The molecule has 2 aliphatic carbocycles. The summed E-state index contributed by atoms with van der Waals surface area (Å²) in [4.78, 5) is 0. The standard InChI is InChI=1S/C17H25NO2/c1-12(18-11-17(8-9-17)13-4-5-13)15-10-14(19-2)6-7-16(15)20-3/h6-7,10,12-13,18H,4-5,8-9,11H2,1-3H3. The molecule has 0 saturated heterocycles. The number of hydrogen-bond donors (Lipinski definition) is 1. The zero-order chi connectivity index (χ0) is 14.2. The first-order valence-corrected chi connectivity index (χ1v) is 7.64. The van der Waals surface area contributed by atoms with Crippen LogP contribution in [-0.4, -0.2) is 20.8 Å². The second kappa shape index (κ2) is 5.28. The lowest BCUT2D eigenvalue weighted by Gasteiger charge is -2.22. The molecule has 0 aliphatic heterocycles. The molecule has 2 saturated carbocycles. The van der Waals surface area contributed by atoms with Gasteiger partial charge in [0.25, 0.3) is 0 Å². The molecule has 3 rings (SSSR count). The van der Waals surface area contributed by atoms with Crippen molar-refractivity contribution in [1.82, 2.24) is 5.32 Å². The van der Waals surface area contributed by atoms with Crippen LogP contribution in [0.25, 0.3) is 0 Å². The summed E-state index contributed by atoms with van der Waals surface area (Å²) in [5.74, 6) is 2.81. The highest BCUT2D eigenvalue weighted by Gasteiger charge is 2.53. The minimum Gasteiger partial charge on any atom is -0.497 e. The Bertz CT molecular complexity index is 478. The average molecular weight is 275 g/mol. The van der Waals surface area contributed by atoms with E-state index in [1.165, 1.54) is 31.2 Å². The first-order chi connectivity index (χ1) is 9.68. The van der Waals surface area contributed by atoms with Gasteiger partial charge in [-0.1, -0.05) is 0 Å². The van der Waals surface area contributed by atoms with Crippen LogP contribution in [0, 0.1) is 11.3 Å². The predicted molar refractivity (Wildman–Crippen MR) is 80.4 cm³/mol. The summed E-state index contributed by atoms with van der Waals surface area (Å²) < 4.78 is 10.8. The van der Waals surface area contributed by atoms with Crippen molar-refractivity contribution < 1.29 is 9.47 Å². The highest BCUT2D eigenvalue weighted by Crippen LogP contribution is 2.61. The quantitative estimate of drug-likeness (QED) is 0.825. The number of nitrogens with one attached hydrogen (secondary N) is 1. The van der Waals surface area contributed by atoms with Crippen molar-refractivity contribution in [1.29, 1.82) is 0 Å². The van der Waals surface area contributed by atoms with Crippen molar-refractivity contribution in [2.45, 2.75) is 38.6 Å². The number of ether oxygens (including phenoxy) is 2. The third kappa shape index (κ3) is 2.64. The van der Waals surface area contributed by atoms with Crippen LogP contribution in [0.5, 0.6) is 11.5 Å². The Morgan fingerprint density at radius 3 is 2.55 bits per heavy atom. The molecule has 1 atom stereocenters. The van der Waals surface area contributed by atoms with Gasteiger partial charge in [-0.3, -0.25) is 0 Å². The maximum atomic E-state index is 5.48. The topological polar surface area (TPSA) is 30.5 Å². The summed E-state index contributed by atoms with van der Waals surface area (Å²) >= 11 is 0. The van der Waals surface area contributed by atoms with Gasteiger partial charge in [-0.15, -0.1) is 0 Å². The van der Waals surface area contributed by atoms with Crippen molar-refractivity contribution in [3.8, 4) is 11.5 Å². The predicted octanol–water partition coefficient (Wildman–Crippen LogP) is 3.54. The van der Waals surface area contributed by atoms with E-state index in [1.54, 1.807) is 14.2 Å². The van der Waals surface area contributed by atoms with Gasteiger partial charge in [0.1, 0.15) is 11.5 Å². The van der Waals surface area contributed by atoms with E-state index in [2.05, 4.69) is 18.3 Å². The van der Waals surface area contributed by atoms with Crippen molar-refractivity contribution in [3.63, 3.8) is 0 Å². The Morgan fingerprint density at radius 2 is 2.00 bits per heavy atom. The van der Waals surface area contributed by atoms with Crippen molar-refractivity contribution >= 4 is 0 Å².